The van der Waals surface area contributed by atoms with Gasteiger partial charge in [0.15, 0.2) is 6.10 Å². The molecule has 0 aliphatic heterocycles. The molecule has 0 aromatic rings. The molecular formula is C73H132O6. The number of esters is 3. The molecule has 1 atom stereocenters. The second kappa shape index (κ2) is 67.6. The summed E-state index contributed by atoms with van der Waals surface area (Å²) in [7, 11) is 0. The lowest BCUT2D eigenvalue weighted by Crippen LogP contribution is -2.30. The molecule has 0 aromatic heterocycles. The average molecular weight is 1110 g/mol. The Morgan fingerprint density at radius 3 is 0.772 bits per heavy atom. The van der Waals surface area contributed by atoms with E-state index in [0.717, 1.165) is 96.3 Å². The predicted molar refractivity (Wildman–Crippen MR) is 344 cm³/mol. The van der Waals surface area contributed by atoms with Crippen molar-refractivity contribution in [2.45, 2.75) is 374 Å². The highest BCUT2D eigenvalue weighted by Gasteiger charge is 2.19. The molecule has 0 saturated heterocycles. The van der Waals surface area contributed by atoms with Crippen LogP contribution in [-0.4, -0.2) is 37.2 Å². The zero-order valence-electron chi connectivity index (χ0n) is 52.9. The molecule has 6 nitrogen and oxygen atoms in total. The maximum atomic E-state index is 12.9. The number of rotatable bonds is 64. The number of carbonyl (C=O) groups is 3. The highest BCUT2D eigenvalue weighted by molar-refractivity contribution is 5.71. The molecular weight excluding hydrogens is 973 g/mol. The smallest absolute Gasteiger partial charge is 0.306 e. The average Bonchev–Trinajstić information content (AvgIpc) is 3.45. The Morgan fingerprint density at radius 1 is 0.266 bits per heavy atom. The Hall–Kier alpha value is -2.89. The normalized spacial score (nSPS) is 12.4. The maximum Gasteiger partial charge on any atom is 0.306 e. The van der Waals surface area contributed by atoms with Gasteiger partial charge in [-0.2, -0.15) is 0 Å². The fourth-order valence-electron chi connectivity index (χ4n) is 10.4. The van der Waals surface area contributed by atoms with Crippen LogP contribution in [0.15, 0.2) is 60.8 Å². The number of allylic oxidation sites excluding steroid dienone is 10. The van der Waals surface area contributed by atoms with Gasteiger partial charge in [0.05, 0.1) is 0 Å². The van der Waals surface area contributed by atoms with Crippen molar-refractivity contribution in [3.8, 4) is 0 Å². The van der Waals surface area contributed by atoms with E-state index >= 15 is 0 Å². The first-order valence-electron chi connectivity index (χ1n) is 34.8. The molecule has 79 heavy (non-hydrogen) atoms. The lowest BCUT2D eigenvalue weighted by molar-refractivity contribution is -0.167. The molecule has 460 valence electrons. The molecule has 0 amide bonds. The van der Waals surface area contributed by atoms with Crippen LogP contribution in [0.5, 0.6) is 0 Å². The second-order valence-electron chi connectivity index (χ2n) is 23.4. The minimum Gasteiger partial charge on any atom is -0.462 e. The number of hydrogen-bond acceptors (Lipinski definition) is 6. The molecule has 0 aromatic carbocycles. The van der Waals surface area contributed by atoms with E-state index in [1.165, 1.54) is 231 Å². The quantitative estimate of drug-likeness (QED) is 0.0261. The first-order valence-corrected chi connectivity index (χ1v) is 34.8. The number of carbonyl (C=O) groups excluding carboxylic acids is 3. The third-order valence-electron chi connectivity index (χ3n) is 15.5. The van der Waals surface area contributed by atoms with E-state index in [1.807, 2.05) is 0 Å². The molecule has 0 rings (SSSR count). The van der Waals surface area contributed by atoms with Crippen molar-refractivity contribution in [3.05, 3.63) is 60.8 Å². The van der Waals surface area contributed by atoms with E-state index in [4.69, 9.17) is 14.2 Å². The van der Waals surface area contributed by atoms with Gasteiger partial charge in [-0.3, -0.25) is 14.4 Å². The van der Waals surface area contributed by atoms with Crippen LogP contribution in [0.25, 0.3) is 0 Å². The van der Waals surface area contributed by atoms with E-state index in [2.05, 4.69) is 81.5 Å². The highest BCUT2D eigenvalue weighted by atomic mass is 16.6. The van der Waals surface area contributed by atoms with Gasteiger partial charge in [-0.05, 0) is 64.2 Å². The zero-order chi connectivity index (χ0) is 57.1. The summed E-state index contributed by atoms with van der Waals surface area (Å²) in [4.78, 5) is 38.4. The van der Waals surface area contributed by atoms with E-state index in [9.17, 15) is 14.4 Å². The fraction of sp³-hybridized carbons (Fsp3) is 0.822. The number of hydrogen-bond donors (Lipinski definition) is 0. The van der Waals surface area contributed by atoms with Gasteiger partial charge in [-0.15, -0.1) is 0 Å². The highest BCUT2D eigenvalue weighted by Crippen LogP contribution is 2.18. The second-order valence-corrected chi connectivity index (χ2v) is 23.4. The van der Waals surface area contributed by atoms with Gasteiger partial charge in [0.1, 0.15) is 13.2 Å². The summed E-state index contributed by atoms with van der Waals surface area (Å²) < 4.78 is 17.0. The van der Waals surface area contributed by atoms with Crippen molar-refractivity contribution in [1.82, 2.24) is 0 Å². The topological polar surface area (TPSA) is 78.9 Å². The van der Waals surface area contributed by atoms with Crippen molar-refractivity contribution in [2.75, 3.05) is 13.2 Å². The molecule has 0 N–H and O–H groups in total. The van der Waals surface area contributed by atoms with Crippen LogP contribution in [0.3, 0.4) is 0 Å². The number of unbranched alkanes of at least 4 members (excludes halogenated alkanes) is 43. The summed E-state index contributed by atoms with van der Waals surface area (Å²) in [5, 5.41) is 0. The standard InChI is InChI=1S/C73H132O6/c1-4-7-10-13-16-19-22-25-28-30-32-33-34-35-36-37-38-39-41-42-45-48-51-54-57-60-63-66-72(75)78-69-70(68-77-71(74)65-62-59-56-53-50-47-44-27-24-21-18-15-12-9-6-3)79-73(76)67-64-61-58-55-52-49-46-43-40-31-29-26-23-20-17-14-11-8-5-2/h8,11,17,20,26,29,40,43,49,52,70H,4-7,9-10,12-16,18-19,21-25,27-28,30-39,41-42,44-48,50-51,53-69H2,1-3H3/b11-8-,20-17-,29-26-,43-40-,52-49-. The van der Waals surface area contributed by atoms with Gasteiger partial charge in [-0.1, -0.05) is 345 Å². The summed E-state index contributed by atoms with van der Waals surface area (Å²) in [5.41, 5.74) is 0. The van der Waals surface area contributed by atoms with Crippen molar-refractivity contribution in [3.63, 3.8) is 0 Å². The third kappa shape index (κ3) is 65.8. The van der Waals surface area contributed by atoms with E-state index in [0.29, 0.717) is 19.3 Å². The monoisotopic (exact) mass is 1110 g/mol. The summed E-state index contributed by atoms with van der Waals surface area (Å²) in [5.74, 6) is -0.891. The van der Waals surface area contributed by atoms with Crippen molar-refractivity contribution < 1.29 is 28.6 Å². The minimum atomic E-state index is -0.790. The molecule has 0 fully saturated rings. The minimum absolute atomic E-state index is 0.0829. The van der Waals surface area contributed by atoms with Crippen LogP contribution in [0.4, 0.5) is 0 Å². The predicted octanol–water partition coefficient (Wildman–Crippen LogP) is 23.9. The number of ether oxygens (including phenoxy) is 3. The van der Waals surface area contributed by atoms with Gasteiger partial charge in [0.2, 0.25) is 0 Å². The maximum absolute atomic E-state index is 12.9. The molecule has 0 spiro atoms. The molecule has 0 aliphatic carbocycles. The molecule has 0 heterocycles. The van der Waals surface area contributed by atoms with Crippen LogP contribution in [0, 0.1) is 0 Å². The molecule has 6 heteroatoms. The first-order chi connectivity index (χ1) is 39.0. The van der Waals surface area contributed by atoms with Crippen molar-refractivity contribution in [2.24, 2.45) is 0 Å². The van der Waals surface area contributed by atoms with Crippen LogP contribution in [-0.2, 0) is 28.6 Å². The Balaban J connectivity index is 4.28. The van der Waals surface area contributed by atoms with Crippen LogP contribution in [0.1, 0.15) is 367 Å². The van der Waals surface area contributed by atoms with Gasteiger partial charge < -0.3 is 14.2 Å². The van der Waals surface area contributed by atoms with Crippen molar-refractivity contribution >= 4 is 17.9 Å². The van der Waals surface area contributed by atoms with E-state index in [-0.39, 0.29) is 31.1 Å². The Kier molecular flexibility index (Phi) is 65.1. The van der Waals surface area contributed by atoms with E-state index in [1.54, 1.807) is 0 Å². The molecule has 0 radical (unpaired) electrons. The third-order valence-corrected chi connectivity index (χ3v) is 15.5. The molecule has 0 aliphatic rings. The zero-order valence-corrected chi connectivity index (χ0v) is 52.9. The summed E-state index contributed by atoms with van der Waals surface area (Å²) >= 11 is 0. The Labute approximate surface area is 491 Å². The Morgan fingerprint density at radius 2 is 0.494 bits per heavy atom. The van der Waals surface area contributed by atoms with Crippen LogP contribution < -0.4 is 0 Å². The lowest BCUT2D eigenvalue weighted by atomic mass is 10.0. The fourth-order valence-corrected chi connectivity index (χ4v) is 10.4. The van der Waals surface area contributed by atoms with Crippen LogP contribution >= 0.6 is 0 Å². The largest absolute Gasteiger partial charge is 0.462 e. The summed E-state index contributed by atoms with van der Waals surface area (Å²) in [6, 6.07) is 0. The Bertz CT molecular complexity index is 1410. The van der Waals surface area contributed by atoms with Gasteiger partial charge in [0.25, 0.3) is 0 Å². The summed E-state index contributed by atoms with van der Waals surface area (Å²) in [6.45, 7) is 6.57. The molecule has 1 unspecified atom stereocenters. The summed E-state index contributed by atoms with van der Waals surface area (Å²) in [6.07, 6.45) is 86.8. The van der Waals surface area contributed by atoms with E-state index < -0.39 is 6.10 Å². The SMILES string of the molecule is CC/C=C\C/C=C\C/C=C\C/C=C\C/C=C\CCCCCC(=O)OC(COC(=O)CCCCCCCCCCCCCCCCC)COC(=O)CCCCCCCCCCCCCCCCCCCCCCCCCCCCC. The van der Waals surface area contributed by atoms with Gasteiger partial charge in [-0.25, -0.2) is 0 Å². The molecule has 0 saturated carbocycles. The first kappa shape index (κ1) is 76.1. The lowest BCUT2D eigenvalue weighted by Gasteiger charge is -2.18. The molecule has 0 bridgehead atoms. The van der Waals surface area contributed by atoms with Crippen molar-refractivity contribution in [1.29, 1.82) is 0 Å². The van der Waals surface area contributed by atoms with Gasteiger partial charge in [0, 0.05) is 19.3 Å². The van der Waals surface area contributed by atoms with Crippen LogP contribution in [0.2, 0.25) is 0 Å². The van der Waals surface area contributed by atoms with Gasteiger partial charge >= 0.3 is 17.9 Å².